The molecular weight excluding hydrogens is 300 g/mol. The molecule has 3 rings (SSSR count). The Morgan fingerprint density at radius 1 is 1.21 bits per heavy atom. The van der Waals surface area contributed by atoms with Crippen molar-refractivity contribution in [1.82, 2.24) is 0 Å². The number of aryl methyl sites for hydroxylation is 1. The first-order valence-corrected chi connectivity index (χ1v) is 8.92. The van der Waals surface area contributed by atoms with Crippen LogP contribution >= 0.6 is 0 Å². The van der Waals surface area contributed by atoms with Crippen LogP contribution in [0.1, 0.15) is 50.7 Å². The maximum Gasteiger partial charge on any atom is 0.162 e. The Bertz CT molecular complexity index is 687. The standard InChI is InChI=1S/C21H28O3/c1-5-15-8-11-18(24-4)20(22)19(15)21-12-6-7-14(2)17(21)10-9-16(13-21)23-3/h8-11,14,22H,5-7,12-13H2,1-4H3. The Balaban J connectivity index is 2.25. The van der Waals surface area contributed by atoms with Crippen molar-refractivity contribution in [3.05, 3.63) is 46.7 Å². The number of rotatable bonds is 4. The number of aromatic hydroxyl groups is 1. The minimum atomic E-state index is -0.179. The predicted molar refractivity (Wildman–Crippen MR) is 96.5 cm³/mol. The summed E-state index contributed by atoms with van der Waals surface area (Å²) in [5, 5.41) is 11.0. The number of benzene rings is 1. The molecule has 0 amide bonds. The molecule has 2 unspecified atom stereocenters. The lowest BCUT2D eigenvalue weighted by molar-refractivity contribution is 0.223. The highest BCUT2D eigenvalue weighted by atomic mass is 16.5. The van der Waals surface area contributed by atoms with Gasteiger partial charge in [0.05, 0.1) is 20.0 Å². The third kappa shape index (κ3) is 2.51. The summed E-state index contributed by atoms with van der Waals surface area (Å²) < 4.78 is 11.0. The summed E-state index contributed by atoms with van der Waals surface area (Å²) in [7, 11) is 3.35. The molecule has 130 valence electrons. The quantitative estimate of drug-likeness (QED) is 0.856. The normalized spacial score (nSPS) is 26.2. The Morgan fingerprint density at radius 3 is 2.67 bits per heavy atom. The fourth-order valence-corrected chi connectivity index (χ4v) is 4.64. The van der Waals surface area contributed by atoms with Gasteiger partial charge in [-0.1, -0.05) is 38.0 Å². The van der Waals surface area contributed by atoms with E-state index in [4.69, 9.17) is 9.47 Å². The Hall–Kier alpha value is -1.90. The lowest BCUT2D eigenvalue weighted by Gasteiger charge is -2.46. The molecule has 0 spiro atoms. The Kier molecular flexibility index (Phi) is 4.62. The van der Waals surface area contributed by atoms with E-state index in [2.05, 4.69) is 32.1 Å². The van der Waals surface area contributed by atoms with Gasteiger partial charge in [-0.3, -0.25) is 0 Å². The third-order valence-electron chi connectivity index (χ3n) is 5.82. The second kappa shape index (κ2) is 6.54. The van der Waals surface area contributed by atoms with E-state index in [9.17, 15) is 5.11 Å². The molecule has 3 heteroatoms. The summed E-state index contributed by atoms with van der Waals surface area (Å²) in [5.41, 5.74) is 3.49. The average Bonchev–Trinajstić information content (AvgIpc) is 2.60. The summed E-state index contributed by atoms with van der Waals surface area (Å²) in [6.07, 6.45) is 9.43. The van der Waals surface area contributed by atoms with Crippen LogP contribution in [-0.2, 0) is 16.6 Å². The van der Waals surface area contributed by atoms with Crippen molar-refractivity contribution in [2.75, 3.05) is 14.2 Å². The lowest BCUT2D eigenvalue weighted by atomic mass is 9.58. The van der Waals surface area contributed by atoms with Gasteiger partial charge in [-0.15, -0.1) is 0 Å². The van der Waals surface area contributed by atoms with E-state index in [1.165, 1.54) is 17.6 Å². The summed E-state index contributed by atoms with van der Waals surface area (Å²) in [6, 6.07) is 3.98. The van der Waals surface area contributed by atoms with Crippen LogP contribution in [0.3, 0.4) is 0 Å². The maximum atomic E-state index is 11.0. The number of allylic oxidation sites excluding steroid dienone is 4. The molecule has 2 atom stereocenters. The molecular formula is C21H28O3. The highest BCUT2D eigenvalue weighted by Crippen LogP contribution is 2.56. The van der Waals surface area contributed by atoms with Crippen LogP contribution < -0.4 is 4.74 Å². The van der Waals surface area contributed by atoms with Gasteiger partial charge in [0.25, 0.3) is 0 Å². The van der Waals surface area contributed by atoms with E-state index in [1.54, 1.807) is 14.2 Å². The molecule has 3 nitrogen and oxygen atoms in total. The summed E-state index contributed by atoms with van der Waals surface area (Å²) in [6.45, 7) is 4.45. The topological polar surface area (TPSA) is 38.7 Å². The number of ether oxygens (including phenoxy) is 2. The fraction of sp³-hybridized carbons (Fsp3) is 0.524. The van der Waals surface area contributed by atoms with Gasteiger partial charge in [0.1, 0.15) is 0 Å². The Morgan fingerprint density at radius 2 is 2.00 bits per heavy atom. The second-order valence-corrected chi connectivity index (χ2v) is 7.02. The van der Waals surface area contributed by atoms with Crippen molar-refractivity contribution in [1.29, 1.82) is 0 Å². The third-order valence-corrected chi connectivity index (χ3v) is 5.82. The first kappa shape index (κ1) is 16.9. The van der Waals surface area contributed by atoms with Crippen LogP contribution in [0.25, 0.3) is 0 Å². The van der Waals surface area contributed by atoms with Crippen LogP contribution in [-0.4, -0.2) is 19.3 Å². The molecule has 0 heterocycles. The molecule has 1 N–H and O–H groups in total. The highest BCUT2D eigenvalue weighted by molar-refractivity contribution is 5.59. The van der Waals surface area contributed by atoms with Gasteiger partial charge in [-0.25, -0.2) is 0 Å². The second-order valence-electron chi connectivity index (χ2n) is 7.02. The summed E-state index contributed by atoms with van der Waals surface area (Å²) in [4.78, 5) is 0. The van der Waals surface area contributed by atoms with Crippen molar-refractivity contribution < 1.29 is 14.6 Å². The van der Waals surface area contributed by atoms with Crippen molar-refractivity contribution >= 4 is 0 Å². The molecule has 1 fully saturated rings. The molecule has 1 aromatic rings. The molecule has 0 bridgehead atoms. The van der Waals surface area contributed by atoms with E-state index in [0.29, 0.717) is 17.4 Å². The molecule has 1 aromatic carbocycles. The van der Waals surface area contributed by atoms with Crippen molar-refractivity contribution in [3.63, 3.8) is 0 Å². The van der Waals surface area contributed by atoms with E-state index < -0.39 is 0 Å². The number of phenolic OH excluding ortho intramolecular Hbond substituents is 1. The molecule has 2 aliphatic carbocycles. The highest BCUT2D eigenvalue weighted by Gasteiger charge is 2.46. The van der Waals surface area contributed by atoms with Crippen LogP contribution in [0, 0.1) is 5.92 Å². The van der Waals surface area contributed by atoms with E-state index in [1.807, 2.05) is 6.07 Å². The lowest BCUT2D eigenvalue weighted by Crippen LogP contribution is -2.38. The van der Waals surface area contributed by atoms with Crippen LogP contribution in [0.5, 0.6) is 11.5 Å². The van der Waals surface area contributed by atoms with Crippen LogP contribution in [0.2, 0.25) is 0 Å². The van der Waals surface area contributed by atoms with Gasteiger partial charge in [-0.05, 0) is 42.9 Å². The first-order valence-electron chi connectivity index (χ1n) is 8.92. The summed E-state index contributed by atoms with van der Waals surface area (Å²) in [5.74, 6) is 2.36. The SMILES string of the molecule is CCc1ccc(OC)c(O)c1C12CCCC(C)C1=CC=C(OC)C2. The van der Waals surface area contributed by atoms with E-state index in [0.717, 1.165) is 37.0 Å². The van der Waals surface area contributed by atoms with Gasteiger partial charge in [0, 0.05) is 17.4 Å². The summed E-state index contributed by atoms with van der Waals surface area (Å²) >= 11 is 0. The van der Waals surface area contributed by atoms with Gasteiger partial charge in [0.2, 0.25) is 0 Å². The monoisotopic (exact) mass is 328 g/mol. The largest absolute Gasteiger partial charge is 0.504 e. The zero-order chi connectivity index (χ0) is 17.3. The molecule has 0 saturated heterocycles. The zero-order valence-electron chi connectivity index (χ0n) is 15.2. The smallest absolute Gasteiger partial charge is 0.162 e. The molecule has 0 radical (unpaired) electrons. The number of fused-ring (bicyclic) bond motifs is 1. The minimum Gasteiger partial charge on any atom is -0.504 e. The van der Waals surface area contributed by atoms with Gasteiger partial charge >= 0.3 is 0 Å². The molecule has 24 heavy (non-hydrogen) atoms. The average molecular weight is 328 g/mol. The first-order chi connectivity index (χ1) is 11.6. The molecule has 0 aliphatic heterocycles. The zero-order valence-corrected chi connectivity index (χ0v) is 15.2. The number of methoxy groups -OCH3 is 2. The molecule has 2 aliphatic rings. The molecule has 1 saturated carbocycles. The van der Waals surface area contributed by atoms with E-state index >= 15 is 0 Å². The fourth-order valence-electron chi connectivity index (χ4n) is 4.64. The van der Waals surface area contributed by atoms with Gasteiger partial charge < -0.3 is 14.6 Å². The van der Waals surface area contributed by atoms with Gasteiger partial charge in [-0.2, -0.15) is 0 Å². The Labute approximate surface area is 145 Å². The van der Waals surface area contributed by atoms with Crippen molar-refractivity contribution in [3.8, 4) is 11.5 Å². The van der Waals surface area contributed by atoms with Crippen LogP contribution in [0.4, 0.5) is 0 Å². The van der Waals surface area contributed by atoms with Crippen LogP contribution in [0.15, 0.2) is 35.6 Å². The number of hydrogen-bond acceptors (Lipinski definition) is 3. The van der Waals surface area contributed by atoms with Crippen molar-refractivity contribution in [2.24, 2.45) is 5.92 Å². The van der Waals surface area contributed by atoms with Crippen molar-refractivity contribution in [2.45, 2.75) is 51.4 Å². The number of phenols is 1. The predicted octanol–water partition coefficient (Wildman–Crippen LogP) is 4.88. The molecule has 0 aromatic heterocycles. The van der Waals surface area contributed by atoms with Gasteiger partial charge in [0.15, 0.2) is 11.5 Å². The maximum absolute atomic E-state index is 11.0. The number of hydrogen-bond donors (Lipinski definition) is 1. The van der Waals surface area contributed by atoms with E-state index in [-0.39, 0.29) is 5.41 Å². The minimum absolute atomic E-state index is 0.179.